The van der Waals surface area contributed by atoms with Crippen LogP contribution in [-0.4, -0.2) is 25.8 Å². The maximum atomic E-state index is 11.2. The topological polar surface area (TPSA) is 35.5 Å². The molecule has 0 saturated heterocycles. The molecular weight excluding hydrogens is 216 g/mol. The normalized spacial score (nSPS) is 24.6. The molecule has 0 unspecified atom stereocenters. The van der Waals surface area contributed by atoms with Crippen molar-refractivity contribution in [3.8, 4) is 0 Å². The van der Waals surface area contributed by atoms with Crippen LogP contribution >= 0.6 is 0 Å². The van der Waals surface area contributed by atoms with E-state index in [2.05, 4.69) is 6.58 Å². The number of ketones is 1. The molecule has 0 aromatic rings. The largest absolute Gasteiger partial charge is 0.350 e. The average Bonchev–Trinajstić information content (AvgIpc) is 2.37. The van der Waals surface area contributed by atoms with E-state index in [1.165, 1.54) is 0 Å². The Balaban J connectivity index is 2.40. The van der Waals surface area contributed by atoms with Gasteiger partial charge >= 0.3 is 0 Å². The number of allylic oxidation sites excluding steroid dienone is 6. The fourth-order valence-corrected chi connectivity index (χ4v) is 2.23. The van der Waals surface area contributed by atoms with Gasteiger partial charge in [-0.2, -0.15) is 0 Å². The molecule has 0 aliphatic heterocycles. The second-order valence-corrected chi connectivity index (χ2v) is 4.36. The second-order valence-electron chi connectivity index (χ2n) is 4.36. The van der Waals surface area contributed by atoms with Gasteiger partial charge in [-0.05, 0) is 23.8 Å². The van der Waals surface area contributed by atoms with Crippen LogP contribution < -0.4 is 0 Å². The zero-order chi connectivity index (χ0) is 12.5. The van der Waals surface area contributed by atoms with Crippen molar-refractivity contribution in [2.45, 2.75) is 12.2 Å². The lowest BCUT2D eigenvalue weighted by molar-refractivity contribution is -0.183. The summed E-state index contributed by atoms with van der Waals surface area (Å²) in [5.41, 5.74) is 0.552. The van der Waals surface area contributed by atoms with Gasteiger partial charge in [0.1, 0.15) is 0 Å². The maximum Gasteiger partial charge on any atom is 0.188 e. The van der Waals surface area contributed by atoms with E-state index in [1.807, 2.05) is 24.3 Å². The van der Waals surface area contributed by atoms with Crippen LogP contribution in [0.5, 0.6) is 0 Å². The SMILES string of the molecule is C=C1C=CC(OC)(OC)CC12C=CC(=O)C=C2. The number of hydrogen-bond donors (Lipinski definition) is 0. The minimum absolute atomic E-state index is 0.00147. The molecule has 3 heteroatoms. The smallest absolute Gasteiger partial charge is 0.188 e. The van der Waals surface area contributed by atoms with Gasteiger partial charge < -0.3 is 9.47 Å². The van der Waals surface area contributed by atoms with Crippen LogP contribution in [0.1, 0.15) is 6.42 Å². The summed E-state index contributed by atoms with van der Waals surface area (Å²) >= 11 is 0. The molecule has 0 amide bonds. The van der Waals surface area contributed by atoms with Crippen LogP contribution in [0.4, 0.5) is 0 Å². The highest BCUT2D eigenvalue weighted by Crippen LogP contribution is 2.45. The Bertz CT molecular complexity index is 420. The van der Waals surface area contributed by atoms with Crippen molar-refractivity contribution in [3.05, 3.63) is 48.6 Å². The number of carbonyl (C=O) groups excluding carboxylic acids is 1. The molecule has 0 radical (unpaired) electrons. The molecule has 0 atom stereocenters. The van der Waals surface area contributed by atoms with Crippen LogP contribution in [0.15, 0.2) is 48.6 Å². The molecule has 1 spiro atoms. The number of hydrogen-bond acceptors (Lipinski definition) is 3. The van der Waals surface area contributed by atoms with Crippen LogP contribution in [0.2, 0.25) is 0 Å². The third kappa shape index (κ3) is 1.92. The predicted octanol–water partition coefficient (Wildman–Crippen LogP) is 2.17. The van der Waals surface area contributed by atoms with E-state index in [9.17, 15) is 4.79 Å². The first-order valence-corrected chi connectivity index (χ1v) is 5.47. The Labute approximate surface area is 101 Å². The van der Waals surface area contributed by atoms with Gasteiger partial charge in [-0.3, -0.25) is 4.79 Å². The summed E-state index contributed by atoms with van der Waals surface area (Å²) in [7, 11) is 3.22. The molecule has 90 valence electrons. The molecule has 3 nitrogen and oxygen atoms in total. The van der Waals surface area contributed by atoms with Gasteiger partial charge in [0.15, 0.2) is 11.6 Å². The lowest BCUT2D eigenvalue weighted by Gasteiger charge is -2.41. The Hall–Kier alpha value is -1.45. The van der Waals surface area contributed by atoms with Crippen molar-refractivity contribution < 1.29 is 14.3 Å². The lowest BCUT2D eigenvalue weighted by Crippen LogP contribution is -2.41. The Morgan fingerprint density at radius 1 is 1.12 bits per heavy atom. The standard InChI is InChI=1S/C14H16O3/c1-11-4-9-14(16-2,17-3)10-13(11)7-5-12(15)6-8-13/h4-9H,1,10H2,2-3H3. The molecule has 0 aromatic heterocycles. The van der Waals surface area contributed by atoms with Gasteiger partial charge in [-0.15, -0.1) is 0 Å². The summed E-state index contributed by atoms with van der Waals surface area (Å²) in [5.74, 6) is -0.755. The summed E-state index contributed by atoms with van der Waals surface area (Å²) in [5, 5.41) is 0. The predicted molar refractivity (Wildman–Crippen MR) is 65.4 cm³/mol. The molecule has 0 N–H and O–H groups in total. The van der Waals surface area contributed by atoms with Crippen LogP contribution in [-0.2, 0) is 14.3 Å². The first kappa shape index (κ1) is 12.0. The van der Waals surface area contributed by atoms with Crippen LogP contribution in [0.3, 0.4) is 0 Å². The summed E-state index contributed by atoms with van der Waals surface area (Å²) in [4.78, 5) is 11.2. The van der Waals surface area contributed by atoms with Gasteiger partial charge in [-0.1, -0.05) is 24.8 Å². The quantitative estimate of drug-likeness (QED) is 0.684. The Morgan fingerprint density at radius 2 is 1.71 bits per heavy atom. The first-order valence-electron chi connectivity index (χ1n) is 5.47. The highest BCUT2D eigenvalue weighted by atomic mass is 16.7. The van der Waals surface area contributed by atoms with Crippen molar-refractivity contribution in [2.24, 2.45) is 5.41 Å². The molecule has 2 aliphatic carbocycles. The number of carbonyl (C=O) groups is 1. The van der Waals surface area contributed by atoms with E-state index in [-0.39, 0.29) is 11.2 Å². The number of methoxy groups -OCH3 is 2. The van der Waals surface area contributed by atoms with Crippen molar-refractivity contribution in [1.82, 2.24) is 0 Å². The monoisotopic (exact) mass is 232 g/mol. The first-order chi connectivity index (χ1) is 8.06. The third-order valence-corrected chi connectivity index (χ3v) is 3.46. The van der Waals surface area contributed by atoms with E-state index < -0.39 is 5.79 Å². The zero-order valence-corrected chi connectivity index (χ0v) is 10.1. The van der Waals surface area contributed by atoms with Crippen LogP contribution in [0.25, 0.3) is 0 Å². The summed E-state index contributed by atoms with van der Waals surface area (Å²) in [6, 6.07) is 0. The highest BCUT2D eigenvalue weighted by molar-refractivity contribution is 6.00. The minimum atomic E-state index is -0.754. The molecule has 0 aromatic carbocycles. The zero-order valence-electron chi connectivity index (χ0n) is 10.1. The lowest BCUT2D eigenvalue weighted by atomic mass is 9.69. The van der Waals surface area contributed by atoms with E-state index in [0.717, 1.165) is 5.57 Å². The Morgan fingerprint density at radius 3 is 2.24 bits per heavy atom. The van der Waals surface area contributed by atoms with E-state index >= 15 is 0 Å². The van der Waals surface area contributed by atoms with E-state index in [1.54, 1.807) is 26.4 Å². The molecular formula is C14H16O3. The average molecular weight is 232 g/mol. The van der Waals surface area contributed by atoms with E-state index in [0.29, 0.717) is 6.42 Å². The molecule has 0 bridgehead atoms. The number of rotatable bonds is 2. The van der Waals surface area contributed by atoms with Gasteiger partial charge in [0.05, 0.1) is 0 Å². The summed E-state index contributed by atoms with van der Waals surface area (Å²) in [6.45, 7) is 4.04. The molecule has 0 fully saturated rings. The van der Waals surface area contributed by atoms with Crippen molar-refractivity contribution in [2.75, 3.05) is 14.2 Å². The molecule has 2 rings (SSSR count). The molecule has 0 heterocycles. The number of ether oxygens (including phenoxy) is 2. The molecule has 17 heavy (non-hydrogen) atoms. The maximum absolute atomic E-state index is 11.2. The second kappa shape index (κ2) is 4.09. The fourth-order valence-electron chi connectivity index (χ4n) is 2.23. The van der Waals surface area contributed by atoms with Crippen molar-refractivity contribution in [1.29, 1.82) is 0 Å². The van der Waals surface area contributed by atoms with E-state index in [4.69, 9.17) is 9.47 Å². The van der Waals surface area contributed by atoms with Gasteiger partial charge in [0.25, 0.3) is 0 Å². The van der Waals surface area contributed by atoms with Gasteiger partial charge in [0, 0.05) is 26.1 Å². The van der Waals surface area contributed by atoms with Gasteiger partial charge in [-0.25, -0.2) is 0 Å². The minimum Gasteiger partial charge on any atom is -0.350 e. The van der Waals surface area contributed by atoms with Crippen LogP contribution in [0, 0.1) is 5.41 Å². The summed E-state index contributed by atoms with van der Waals surface area (Å²) < 4.78 is 10.9. The molecule has 2 aliphatic rings. The van der Waals surface area contributed by atoms with Crippen molar-refractivity contribution in [3.63, 3.8) is 0 Å². The third-order valence-electron chi connectivity index (χ3n) is 3.46. The highest BCUT2D eigenvalue weighted by Gasteiger charge is 2.42. The Kier molecular flexibility index (Phi) is 2.89. The fraction of sp³-hybridized carbons (Fsp3) is 0.357. The summed E-state index contributed by atoms with van der Waals surface area (Å²) in [6.07, 6.45) is 11.2. The van der Waals surface area contributed by atoms with Crippen molar-refractivity contribution >= 4 is 5.78 Å². The van der Waals surface area contributed by atoms with Gasteiger partial charge in [0.2, 0.25) is 0 Å². The molecule has 0 saturated carbocycles.